The number of benzene rings is 2. The van der Waals surface area contributed by atoms with Crippen LogP contribution in [0.15, 0.2) is 36.4 Å². The van der Waals surface area contributed by atoms with Gasteiger partial charge in [0.2, 0.25) is 0 Å². The fourth-order valence-corrected chi connectivity index (χ4v) is 3.60. The number of aryl methyl sites for hydroxylation is 2. The van der Waals surface area contributed by atoms with Crippen LogP contribution in [0.1, 0.15) is 54.7 Å². The van der Waals surface area contributed by atoms with Gasteiger partial charge in [0.15, 0.2) is 0 Å². The molecule has 0 unspecified atom stereocenters. The van der Waals surface area contributed by atoms with Gasteiger partial charge in [0.25, 0.3) is 0 Å². The highest BCUT2D eigenvalue weighted by molar-refractivity contribution is 5.72. The van der Waals surface area contributed by atoms with Crippen LogP contribution in [0.2, 0.25) is 0 Å². The zero-order chi connectivity index (χ0) is 14.8. The third-order valence-electron chi connectivity index (χ3n) is 4.63. The first-order valence-corrected chi connectivity index (χ1v) is 8.05. The second kappa shape index (κ2) is 5.93. The molecule has 110 valence electrons. The third-order valence-corrected chi connectivity index (χ3v) is 4.63. The lowest BCUT2D eigenvalue weighted by atomic mass is 9.83. The van der Waals surface area contributed by atoms with E-state index < -0.39 is 0 Å². The van der Waals surface area contributed by atoms with Gasteiger partial charge in [-0.2, -0.15) is 0 Å². The molecule has 3 rings (SSSR count). The van der Waals surface area contributed by atoms with E-state index in [4.69, 9.17) is 0 Å². The summed E-state index contributed by atoms with van der Waals surface area (Å²) in [5.74, 6) is 1.06. The van der Waals surface area contributed by atoms with Gasteiger partial charge < -0.3 is 5.11 Å². The Balaban J connectivity index is 2.01. The number of rotatable bonds is 2. The molecule has 1 nitrogen and oxygen atoms in total. The van der Waals surface area contributed by atoms with Crippen molar-refractivity contribution in [3.8, 4) is 16.9 Å². The molecule has 0 atom stereocenters. The van der Waals surface area contributed by atoms with Crippen molar-refractivity contribution in [2.45, 2.75) is 51.9 Å². The van der Waals surface area contributed by atoms with E-state index in [-0.39, 0.29) is 0 Å². The molecule has 0 amide bonds. The highest BCUT2D eigenvalue weighted by atomic mass is 16.3. The summed E-state index contributed by atoms with van der Waals surface area (Å²) in [5, 5.41) is 10.3. The number of hydrogen-bond acceptors (Lipinski definition) is 1. The zero-order valence-corrected chi connectivity index (χ0v) is 13.0. The van der Waals surface area contributed by atoms with Gasteiger partial charge >= 0.3 is 0 Å². The third kappa shape index (κ3) is 3.12. The molecule has 2 aromatic carbocycles. The summed E-state index contributed by atoms with van der Waals surface area (Å²) < 4.78 is 0. The first-order chi connectivity index (χ1) is 10.1. The summed E-state index contributed by atoms with van der Waals surface area (Å²) >= 11 is 0. The topological polar surface area (TPSA) is 20.2 Å². The first-order valence-electron chi connectivity index (χ1n) is 8.05. The monoisotopic (exact) mass is 280 g/mol. The lowest BCUT2D eigenvalue weighted by molar-refractivity contribution is 0.442. The molecule has 0 radical (unpaired) electrons. The fourth-order valence-electron chi connectivity index (χ4n) is 3.60. The van der Waals surface area contributed by atoms with Crippen LogP contribution in [0.3, 0.4) is 0 Å². The fraction of sp³-hybridized carbons (Fsp3) is 0.400. The molecule has 2 aromatic rings. The largest absolute Gasteiger partial charge is 0.507 e. The summed E-state index contributed by atoms with van der Waals surface area (Å²) in [6, 6.07) is 12.7. The van der Waals surface area contributed by atoms with Crippen molar-refractivity contribution in [2.75, 3.05) is 0 Å². The summed E-state index contributed by atoms with van der Waals surface area (Å²) in [7, 11) is 0. The normalized spacial score (nSPS) is 16.1. The van der Waals surface area contributed by atoms with Crippen molar-refractivity contribution in [3.63, 3.8) is 0 Å². The number of phenolic OH excluding ortho intramolecular Hbond substituents is 1. The van der Waals surface area contributed by atoms with E-state index in [0.717, 1.165) is 11.1 Å². The number of phenols is 1. The van der Waals surface area contributed by atoms with Gasteiger partial charge in [-0.15, -0.1) is 0 Å². The van der Waals surface area contributed by atoms with Crippen LogP contribution >= 0.6 is 0 Å². The molecule has 0 saturated heterocycles. The minimum Gasteiger partial charge on any atom is -0.507 e. The Bertz CT molecular complexity index is 616. The van der Waals surface area contributed by atoms with Crippen molar-refractivity contribution in [2.24, 2.45) is 0 Å². The van der Waals surface area contributed by atoms with Crippen molar-refractivity contribution in [1.82, 2.24) is 0 Å². The molecular weight excluding hydrogens is 256 g/mol. The highest BCUT2D eigenvalue weighted by Gasteiger charge is 2.17. The van der Waals surface area contributed by atoms with E-state index in [2.05, 4.69) is 44.2 Å². The molecule has 0 spiro atoms. The first kappa shape index (κ1) is 14.2. The molecule has 1 aliphatic rings. The molecule has 0 aromatic heterocycles. The Morgan fingerprint density at radius 1 is 0.857 bits per heavy atom. The standard InChI is InChI=1S/C20H24O/c1-14-10-15(2)12-18(11-14)19-13-17(8-9-20(19)21)16-6-4-3-5-7-16/h8-13,16,21H,3-7H2,1-2H3. The van der Waals surface area contributed by atoms with E-state index in [1.807, 2.05) is 6.07 Å². The Kier molecular flexibility index (Phi) is 4.01. The van der Waals surface area contributed by atoms with Gasteiger partial charge in [-0.3, -0.25) is 0 Å². The van der Waals surface area contributed by atoms with Crippen LogP contribution in [0.5, 0.6) is 5.75 Å². The maximum Gasteiger partial charge on any atom is 0.123 e. The maximum absolute atomic E-state index is 10.3. The van der Waals surface area contributed by atoms with Crippen LogP contribution in [0, 0.1) is 13.8 Å². The Hall–Kier alpha value is -1.76. The molecule has 0 heterocycles. The Morgan fingerprint density at radius 2 is 1.52 bits per heavy atom. The van der Waals surface area contributed by atoms with E-state index in [1.165, 1.54) is 48.8 Å². The van der Waals surface area contributed by atoms with Gasteiger partial charge in [-0.1, -0.05) is 54.7 Å². The van der Waals surface area contributed by atoms with E-state index in [0.29, 0.717) is 11.7 Å². The second-order valence-electron chi connectivity index (χ2n) is 6.49. The summed E-state index contributed by atoms with van der Waals surface area (Å²) in [5.41, 5.74) is 5.98. The quantitative estimate of drug-likeness (QED) is 0.745. The minimum atomic E-state index is 0.388. The van der Waals surface area contributed by atoms with Crippen molar-refractivity contribution in [1.29, 1.82) is 0 Å². The lowest BCUT2D eigenvalue weighted by Gasteiger charge is -2.23. The smallest absolute Gasteiger partial charge is 0.123 e. The molecule has 21 heavy (non-hydrogen) atoms. The summed E-state index contributed by atoms with van der Waals surface area (Å²) in [6.07, 6.45) is 6.63. The number of hydrogen-bond donors (Lipinski definition) is 1. The molecule has 1 aliphatic carbocycles. The Labute approximate surface area is 127 Å². The van der Waals surface area contributed by atoms with Crippen LogP contribution in [0.25, 0.3) is 11.1 Å². The van der Waals surface area contributed by atoms with Crippen molar-refractivity contribution >= 4 is 0 Å². The minimum absolute atomic E-state index is 0.388. The molecular formula is C20H24O. The van der Waals surface area contributed by atoms with Gasteiger partial charge in [-0.05, 0) is 55.9 Å². The Morgan fingerprint density at radius 3 is 2.19 bits per heavy atom. The maximum atomic E-state index is 10.3. The molecule has 1 N–H and O–H groups in total. The van der Waals surface area contributed by atoms with E-state index >= 15 is 0 Å². The summed E-state index contributed by atoms with van der Waals surface area (Å²) in [6.45, 7) is 4.22. The zero-order valence-electron chi connectivity index (χ0n) is 13.0. The van der Waals surface area contributed by atoms with Crippen LogP contribution in [0.4, 0.5) is 0 Å². The van der Waals surface area contributed by atoms with Crippen LogP contribution in [-0.2, 0) is 0 Å². The average molecular weight is 280 g/mol. The van der Waals surface area contributed by atoms with Crippen molar-refractivity contribution < 1.29 is 5.11 Å². The SMILES string of the molecule is Cc1cc(C)cc(-c2cc(C3CCCCC3)ccc2O)c1. The molecule has 0 aliphatic heterocycles. The molecule has 0 bridgehead atoms. The second-order valence-corrected chi connectivity index (χ2v) is 6.49. The van der Waals surface area contributed by atoms with Gasteiger partial charge in [-0.25, -0.2) is 0 Å². The van der Waals surface area contributed by atoms with E-state index in [9.17, 15) is 5.11 Å². The average Bonchev–Trinajstić information content (AvgIpc) is 2.47. The van der Waals surface area contributed by atoms with Crippen LogP contribution < -0.4 is 0 Å². The highest BCUT2D eigenvalue weighted by Crippen LogP contribution is 2.37. The van der Waals surface area contributed by atoms with Crippen molar-refractivity contribution in [3.05, 3.63) is 53.1 Å². The predicted molar refractivity (Wildman–Crippen MR) is 88.8 cm³/mol. The molecule has 1 fully saturated rings. The van der Waals surface area contributed by atoms with E-state index in [1.54, 1.807) is 0 Å². The summed E-state index contributed by atoms with van der Waals surface area (Å²) in [4.78, 5) is 0. The molecule has 1 heteroatoms. The van der Waals surface area contributed by atoms with Gasteiger partial charge in [0, 0.05) is 5.56 Å². The predicted octanol–water partition coefficient (Wildman–Crippen LogP) is 5.72. The number of aromatic hydroxyl groups is 1. The lowest BCUT2D eigenvalue weighted by Crippen LogP contribution is -2.04. The molecule has 1 saturated carbocycles. The van der Waals surface area contributed by atoms with Gasteiger partial charge in [0.1, 0.15) is 5.75 Å². The van der Waals surface area contributed by atoms with Gasteiger partial charge in [0.05, 0.1) is 0 Å². The van der Waals surface area contributed by atoms with Crippen LogP contribution in [-0.4, -0.2) is 5.11 Å².